The SMILES string of the molecule is C=C(C)C[C@H](NC(=O)CNC(=O)c1cc(Cl)ccc1Cl)B(O)O. The first-order chi connectivity index (χ1) is 10.7. The van der Waals surface area contributed by atoms with Gasteiger partial charge in [0.2, 0.25) is 5.91 Å². The summed E-state index contributed by atoms with van der Waals surface area (Å²) in [5.41, 5.74) is 0.825. The van der Waals surface area contributed by atoms with Gasteiger partial charge in [-0.05, 0) is 31.5 Å². The van der Waals surface area contributed by atoms with Gasteiger partial charge in [-0.1, -0.05) is 28.8 Å². The second-order valence-corrected chi connectivity index (χ2v) is 5.90. The lowest BCUT2D eigenvalue weighted by Gasteiger charge is -2.18. The lowest BCUT2D eigenvalue weighted by molar-refractivity contribution is -0.120. The summed E-state index contributed by atoms with van der Waals surface area (Å²) in [6.45, 7) is 5.00. The third kappa shape index (κ3) is 6.62. The highest BCUT2D eigenvalue weighted by atomic mass is 35.5. The third-order valence-corrected chi connectivity index (χ3v) is 3.42. The summed E-state index contributed by atoms with van der Waals surface area (Å²) in [6, 6.07) is 4.40. The minimum atomic E-state index is -1.73. The van der Waals surface area contributed by atoms with Crippen LogP contribution in [0.4, 0.5) is 0 Å². The van der Waals surface area contributed by atoms with E-state index in [9.17, 15) is 19.6 Å². The van der Waals surface area contributed by atoms with Gasteiger partial charge in [-0.3, -0.25) is 9.59 Å². The zero-order valence-electron chi connectivity index (χ0n) is 12.5. The average molecular weight is 359 g/mol. The van der Waals surface area contributed by atoms with E-state index in [2.05, 4.69) is 17.2 Å². The molecule has 9 heteroatoms. The van der Waals surface area contributed by atoms with Gasteiger partial charge in [0.05, 0.1) is 23.1 Å². The van der Waals surface area contributed by atoms with Gasteiger partial charge in [-0.25, -0.2) is 0 Å². The zero-order chi connectivity index (χ0) is 17.6. The van der Waals surface area contributed by atoms with Gasteiger partial charge in [-0.15, -0.1) is 6.58 Å². The lowest BCUT2D eigenvalue weighted by atomic mass is 9.76. The van der Waals surface area contributed by atoms with Gasteiger partial charge in [-0.2, -0.15) is 0 Å². The number of amides is 2. The molecule has 0 heterocycles. The summed E-state index contributed by atoms with van der Waals surface area (Å²) in [7, 11) is -1.73. The summed E-state index contributed by atoms with van der Waals surface area (Å²) in [5, 5.41) is 23.8. The van der Waals surface area contributed by atoms with Crippen molar-refractivity contribution >= 4 is 42.1 Å². The van der Waals surface area contributed by atoms with E-state index in [-0.39, 0.29) is 23.6 Å². The first-order valence-corrected chi connectivity index (χ1v) is 7.49. The highest BCUT2D eigenvalue weighted by molar-refractivity contribution is 6.43. The van der Waals surface area contributed by atoms with Crippen LogP contribution in [0.1, 0.15) is 23.7 Å². The molecule has 0 aliphatic carbocycles. The smallest absolute Gasteiger partial charge is 0.426 e. The van der Waals surface area contributed by atoms with Crippen molar-refractivity contribution in [2.45, 2.75) is 19.3 Å². The number of hydrogen-bond donors (Lipinski definition) is 4. The summed E-state index contributed by atoms with van der Waals surface area (Å²) >= 11 is 11.7. The monoisotopic (exact) mass is 358 g/mol. The Balaban J connectivity index is 2.59. The Morgan fingerprint density at radius 3 is 2.57 bits per heavy atom. The first-order valence-electron chi connectivity index (χ1n) is 6.74. The molecule has 0 fully saturated rings. The van der Waals surface area contributed by atoms with Crippen molar-refractivity contribution in [2.75, 3.05) is 6.54 Å². The van der Waals surface area contributed by atoms with Crippen molar-refractivity contribution in [3.8, 4) is 0 Å². The second kappa shape index (κ2) is 8.93. The Morgan fingerprint density at radius 2 is 2.00 bits per heavy atom. The molecule has 0 bridgehead atoms. The number of carbonyl (C=O) groups is 2. The molecule has 1 rings (SSSR count). The molecule has 0 aromatic heterocycles. The molecule has 0 radical (unpaired) electrons. The molecule has 6 nitrogen and oxygen atoms in total. The van der Waals surface area contributed by atoms with E-state index >= 15 is 0 Å². The maximum absolute atomic E-state index is 12.0. The van der Waals surface area contributed by atoms with Gasteiger partial charge in [0.25, 0.3) is 5.91 Å². The van der Waals surface area contributed by atoms with Crippen LogP contribution in [0.15, 0.2) is 30.4 Å². The predicted molar refractivity (Wildman–Crippen MR) is 90.3 cm³/mol. The molecule has 124 valence electrons. The lowest BCUT2D eigenvalue weighted by Crippen LogP contribution is -2.49. The quantitative estimate of drug-likeness (QED) is 0.434. The fourth-order valence-corrected chi connectivity index (χ4v) is 2.17. The summed E-state index contributed by atoms with van der Waals surface area (Å²) in [4.78, 5) is 23.8. The normalized spacial score (nSPS) is 11.5. The molecule has 0 saturated heterocycles. The highest BCUT2D eigenvalue weighted by Gasteiger charge is 2.25. The minimum Gasteiger partial charge on any atom is -0.426 e. The van der Waals surface area contributed by atoms with Crippen LogP contribution >= 0.6 is 23.2 Å². The van der Waals surface area contributed by atoms with E-state index in [1.54, 1.807) is 6.92 Å². The molecule has 0 aliphatic rings. The number of rotatable bonds is 7. The maximum atomic E-state index is 12.0. The fraction of sp³-hybridized carbons (Fsp3) is 0.286. The molecule has 2 amide bonds. The summed E-state index contributed by atoms with van der Waals surface area (Å²) in [6.07, 6.45) is 0.206. The van der Waals surface area contributed by atoms with Gasteiger partial charge in [0.15, 0.2) is 0 Å². The van der Waals surface area contributed by atoms with Crippen LogP contribution in [0.25, 0.3) is 0 Å². The molecule has 1 aromatic rings. The Kier molecular flexibility index (Phi) is 7.58. The van der Waals surface area contributed by atoms with Crippen LogP contribution in [0.3, 0.4) is 0 Å². The minimum absolute atomic E-state index is 0.146. The summed E-state index contributed by atoms with van der Waals surface area (Å²) < 4.78 is 0. The average Bonchev–Trinajstić information content (AvgIpc) is 2.46. The van der Waals surface area contributed by atoms with Crippen molar-refractivity contribution in [3.05, 3.63) is 46.0 Å². The maximum Gasteiger partial charge on any atom is 0.475 e. The summed E-state index contributed by atoms with van der Waals surface area (Å²) in [5.74, 6) is -2.03. The Morgan fingerprint density at radius 1 is 1.35 bits per heavy atom. The molecule has 0 aliphatic heterocycles. The van der Waals surface area contributed by atoms with Crippen LogP contribution in [0, 0.1) is 0 Å². The van der Waals surface area contributed by atoms with Crippen LogP contribution < -0.4 is 10.6 Å². The molecule has 23 heavy (non-hydrogen) atoms. The fourth-order valence-electron chi connectivity index (χ4n) is 1.79. The van der Waals surface area contributed by atoms with Gasteiger partial charge in [0.1, 0.15) is 0 Å². The molecule has 0 unspecified atom stereocenters. The first kappa shape index (κ1) is 19.5. The Hall–Kier alpha value is -1.54. The molecule has 0 spiro atoms. The molecule has 4 N–H and O–H groups in total. The van der Waals surface area contributed by atoms with E-state index in [1.807, 2.05) is 0 Å². The number of halogens is 2. The van der Waals surface area contributed by atoms with Crippen molar-refractivity contribution in [1.82, 2.24) is 10.6 Å². The molecular formula is C14H17BCl2N2O4. The van der Waals surface area contributed by atoms with E-state index in [0.29, 0.717) is 10.6 Å². The number of benzene rings is 1. The highest BCUT2D eigenvalue weighted by Crippen LogP contribution is 2.20. The van der Waals surface area contributed by atoms with Crippen LogP contribution in [0.5, 0.6) is 0 Å². The van der Waals surface area contributed by atoms with Gasteiger partial charge in [0, 0.05) is 5.02 Å². The topological polar surface area (TPSA) is 98.7 Å². The molecule has 1 atom stereocenters. The number of hydrogen-bond acceptors (Lipinski definition) is 4. The molecular weight excluding hydrogens is 342 g/mol. The standard InChI is InChI=1S/C14H17BCl2N2O4/c1-8(2)5-12(15(22)23)19-13(20)7-18-14(21)10-6-9(16)3-4-11(10)17/h3-4,6,12,22-23H,1,5,7H2,2H3,(H,18,21)(H,19,20)/t12-/m0/s1. The largest absolute Gasteiger partial charge is 0.475 e. The molecule has 0 saturated carbocycles. The van der Waals surface area contributed by atoms with Gasteiger partial charge < -0.3 is 20.7 Å². The van der Waals surface area contributed by atoms with Crippen molar-refractivity contribution in [1.29, 1.82) is 0 Å². The molecule has 1 aromatic carbocycles. The van der Waals surface area contributed by atoms with Crippen molar-refractivity contribution < 1.29 is 19.6 Å². The van der Waals surface area contributed by atoms with Crippen molar-refractivity contribution in [2.24, 2.45) is 0 Å². The van der Waals surface area contributed by atoms with Crippen LogP contribution in [0.2, 0.25) is 10.0 Å². The number of nitrogens with one attached hydrogen (secondary N) is 2. The Labute approximate surface area is 144 Å². The predicted octanol–water partition coefficient (Wildman–Crippen LogP) is 1.19. The van der Waals surface area contributed by atoms with E-state index in [4.69, 9.17) is 23.2 Å². The van der Waals surface area contributed by atoms with E-state index < -0.39 is 24.9 Å². The van der Waals surface area contributed by atoms with Gasteiger partial charge >= 0.3 is 7.12 Å². The zero-order valence-corrected chi connectivity index (χ0v) is 14.0. The van der Waals surface area contributed by atoms with E-state index in [0.717, 1.165) is 0 Å². The number of carbonyl (C=O) groups excluding carboxylic acids is 2. The third-order valence-electron chi connectivity index (χ3n) is 2.86. The van der Waals surface area contributed by atoms with Crippen LogP contribution in [-0.2, 0) is 4.79 Å². The van der Waals surface area contributed by atoms with E-state index in [1.165, 1.54) is 18.2 Å². The van der Waals surface area contributed by atoms with Crippen molar-refractivity contribution in [3.63, 3.8) is 0 Å². The van der Waals surface area contributed by atoms with Crippen LogP contribution in [-0.4, -0.2) is 41.5 Å². The second-order valence-electron chi connectivity index (χ2n) is 5.06. The Bertz CT molecular complexity index is 610.